The zero-order chi connectivity index (χ0) is 14.1. The topological polar surface area (TPSA) is 38.1 Å². The van der Waals surface area contributed by atoms with Crippen molar-refractivity contribution in [2.45, 2.75) is 35.5 Å². The molecule has 21 heavy (non-hydrogen) atoms. The molecular weight excluding hydrogens is 280 g/mol. The van der Waals surface area contributed by atoms with Crippen LogP contribution < -0.4 is 5.32 Å². The van der Waals surface area contributed by atoms with E-state index in [1.807, 2.05) is 24.3 Å². The number of rotatable bonds is 5. The van der Waals surface area contributed by atoms with Gasteiger partial charge in [-0.15, -0.1) is 0 Å². The molecule has 0 amide bonds. The van der Waals surface area contributed by atoms with E-state index in [4.69, 9.17) is 4.42 Å². The molecule has 0 aliphatic heterocycles. The maximum Gasteiger partial charge on any atom is 0.261 e. The third kappa shape index (κ3) is 3.12. The van der Waals surface area contributed by atoms with Crippen molar-refractivity contribution in [1.82, 2.24) is 10.3 Å². The molecule has 1 fully saturated rings. The summed E-state index contributed by atoms with van der Waals surface area (Å²) in [5.74, 6) is 0. The Morgan fingerprint density at radius 2 is 1.90 bits per heavy atom. The Bertz CT molecular complexity index is 714. The number of fused-ring (bicyclic) bond motifs is 1. The van der Waals surface area contributed by atoms with Gasteiger partial charge in [0, 0.05) is 17.5 Å². The molecule has 106 valence electrons. The molecule has 4 rings (SSSR count). The Balaban J connectivity index is 1.45. The average molecular weight is 296 g/mol. The lowest BCUT2D eigenvalue weighted by atomic mass is 10.2. The zero-order valence-corrected chi connectivity index (χ0v) is 12.4. The van der Waals surface area contributed by atoms with Crippen LogP contribution in [0.1, 0.15) is 18.4 Å². The van der Waals surface area contributed by atoms with Crippen molar-refractivity contribution in [1.29, 1.82) is 0 Å². The summed E-state index contributed by atoms with van der Waals surface area (Å²) in [7, 11) is 0. The van der Waals surface area contributed by atoms with E-state index in [0.717, 1.165) is 28.6 Å². The molecule has 1 aliphatic carbocycles. The summed E-state index contributed by atoms with van der Waals surface area (Å²) in [5.41, 5.74) is 3.07. The highest BCUT2D eigenvalue weighted by atomic mass is 32.2. The second-order valence-corrected chi connectivity index (χ2v) is 6.37. The van der Waals surface area contributed by atoms with Crippen molar-refractivity contribution < 1.29 is 4.42 Å². The molecule has 1 aliphatic rings. The molecule has 0 spiro atoms. The number of hydrogen-bond acceptors (Lipinski definition) is 4. The fourth-order valence-electron chi connectivity index (χ4n) is 2.22. The number of benzene rings is 2. The number of nitrogens with one attached hydrogen (secondary N) is 1. The van der Waals surface area contributed by atoms with E-state index < -0.39 is 0 Å². The number of hydrogen-bond donors (Lipinski definition) is 1. The molecule has 0 atom stereocenters. The highest BCUT2D eigenvalue weighted by molar-refractivity contribution is 7.99. The van der Waals surface area contributed by atoms with Crippen LogP contribution in [0.3, 0.4) is 0 Å². The lowest BCUT2D eigenvalue weighted by Crippen LogP contribution is -2.14. The fraction of sp³-hybridized carbons (Fsp3) is 0.235. The summed E-state index contributed by atoms with van der Waals surface area (Å²) < 4.78 is 5.73. The molecule has 0 saturated heterocycles. The van der Waals surface area contributed by atoms with Crippen molar-refractivity contribution in [3.8, 4) is 0 Å². The lowest BCUT2D eigenvalue weighted by Gasteiger charge is -2.03. The van der Waals surface area contributed by atoms with Gasteiger partial charge < -0.3 is 9.73 Å². The monoisotopic (exact) mass is 296 g/mol. The Morgan fingerprint density at radius 3 is 2.67 bits per heavy atom. The van der Waals surface area contributed by atoms with Crippen molar-refractivity contribution >= 4 is 22.9 Å². The molecule has 1 saturated carbocycles. The second kappa shape index (κ2) is 5.54. The minimum atomic E-state index is 0.694. The first-order chi connectivity index (χ1) is 10.4. The molecule has 2 aromatic carbocycles. The summed E-state index contributed by atoms with van der Waals surface area (Å²) in [6, 6.07) is 17.2. The molecule has 4 heteroatoms. The molecular formula is C17H16N2OS. The van der Waals surface area contributed by atoms with E-state index in [2.05, 4.69) is 34.6 Å². The maximum atomic E-state index is 5.73. The Hall–Kier alpha value is -1.78. The number of oxazole rings is 1. The predicted octanol–water partition coefficient (Wildman–Crippen LogP) is 4.23. The lowest BCUT2D eigenvalue weighted by molar-refractivity contribution is 0.489. The molecule has 3 aromatic rings. The van der Waals surface area contributed by atoms with Gasteiger partial charge in [-0.3, -0.25) is 0 Å². The molecule has 0 bridgehead atoms. The fourth-order valence-corrected chi connectivity index (χ4v) is 2.97. The van der Waals surface area contributed by atoms with E-state index in [-0.39, 0.29) is 0 Å². The third-order valence-corrected chi connectivity index (χ3v) is 4.43. The van der Waals surface area contributed by atoms with Gasteiger partial charge in [-0.25, -0.2) is 4.98 Å². The van der Waals surface area contributed by atoms with Crippen molar-refractivity contribution in [2.75, 3.05) is 0 Å². The molecule has 0 radical (unpaired) electrons. The normalized spacial score (nSPS) is 14.7. The van der Waals surface area contributed by atoms with Crippen LogP contribution in [0.5, 0.6) is 0 Å². The maximum absolute atomic E-state index is 5.73. The first-order valence-electron chi connectivity index (χ1n) is 7.22. The largest absolute Gasteiger partial charge is 0.431 e. The zero-order valence-electron chi connectivity index (χ0n) is 11.6. The third-order valence-electron chi connectivity index (χ3n) is 3.57. The van der Waals surface area contributed by atoms with Crippen LogP contribution in [-0.2, 0) is 6.54 Å². The number of para-hydroxylation sites is 2. The SMILES string of the molecule is c1ccc2oc(Sc3ccc(CNC4CC4)cc3)nc2c1. The van der Waals surface area contributed by atoms with Crippen LogP contribution in [0, 0.1) is 0 Å². The van der Waals surface area contributed by atoms with E-state index >= 15 is 0 Å². The van der Waals surface area contributed by atoms with Crippen molar-refractivity contribution in [3.05, 3.63) is 54.1 Å². The van der Waals surface area contributed by atoms with Gasteiger partial charge in [0.05, 0.1) is 0 Å². The predicted molar refractivity (Wildman–Crippen MR) is 84.4 cm³/mol. The van der Waals surface area contributed by atoms with Crippen LogP contribution >= 0.6 is 11.8 Å². The van der Waals surface area contributed by atoms with Gasteiger partial charge in [-0.1, -0.05) is 24.3 Å². The van der Waals surface area contributed by atoms with Crippen molar-refractivity contribution in [3.63, 3.8) is 0 Å². The summed E-state index contributed by atoms with van der Waals surface area (Å²) in [6.07, 6.45) is 2.65. The molecule has 1 N–H and O–H groups in total. The molecule has 1 heterocycles. The Kier molecular flexibility index (Phi) is 3.41. The average Bonchev–Trinajstić information content (AvgIpc) is 3.25. The van der Waals surface area contributed by atoms with E-state index in [9.17, 15) is 0 Å². The highest BCUT2D eigenvalue weighted by Gasteiger charge is 2.19. The van der Waals surface area contributed by atoms with Crippen molar-refractivity contribution in [2.24, 2.45) is 0 Å². The molecule has 0 unspecified atom stereocenters. The first-order valence-corrected chi connectivity index (χ1v) is 8.04. The van der Waals surface area contributed by atoms with Crippen LogP contribution in [-0.4, -0.2) is 11.0 Å². The van der Waals surface area contributed by atoms with Gasteiger partial charge in [0.25, 0.3) is 5.22 Å². The second-order valence-electron chi connectivity index (χ2n) is 5.35. The molecule has 1 aromatic heterocycles. The summed E-state index contributed by atoms with van der Waals surface area (Å²) >= 11 is 1.56. The van der Waals surface area contributed by atoms with E-state index in [1.54, 1.807) is 11.8 Å². The summed E-state index contributed by atoms with van der Waals surface area (Å²) in [4.78, 5) is 5.63. The minimum Gasteiger partial charge on any atom is -0.431 e. The first kappa shape index (κ1) is 12.9. The van der Waals surface area contributed by atoms with Gasteiger partial charge >= 0.3 is 0 Å². The van der Waals surface area contributed by atoms with E-state index in [1.165, 1.54) is 18.4 Å². The smallest absolute Gasteiger partial charge is 0.261 e. The minimum absolute atomic E-state index is 0.694. The Labute approximate surface area is 127 Å². The standard InChI is InChI=1S/C17H16N2OS/c1-2-4-16-15(3-1)19-17(20-16)21-14-9-5-12(6-10-14)11-18-13-7-8-13/h1-6,9-10,13,18H,7-8,11H2. The van der Waals surface area contributed by atoms with Gasteiger partial charge in [-0.05, 0) is 54.4 Å². The van der Waals surface area contributed by atoms with Gasteiger partial charge in [0.1, 0.15) is 5.52 Å². The van der Waals surface area contributed by atoms with Gasteiger partial charge in [0.15, 0.2) is 5.58 Å². The van der Waals surface area contributed by atoms with Crippen LogP contribution in [0.15, 0.2) is 63.1 Å². The quantitative estimate of drug-likeness (QED) is 0.764. The molecule has 3 nitrogen and oxygen atoms in total. The van der Waals surface area contributed by atoms with Crippen LogP contribution in [0.25, 0.3) is 11.1 Å². The van der Waals surface area contributed by atoms with Crippen LogP contribution in [0.2, 0.25) is 0 Å². The van der Waals surface area contributed by atoms with Gasteiger partial charge in [0.2, 0.25) is 0 Å². The number of nitrogens with zero attached hydrogens (tertiary/aromatic N) is 1. The van der Waals surface area contributed by atoms with Crippen LogP contribution in [0.4, 0.5) is 0 Å². The number of aromatic nitrogens is 1. The van der Waals surface area contributed by atoms with Gasteiger partial charge in [-0.2, -0.15) is 0 Å². The highest BCUT2D eigenvalue weighted by Crippen LogP contribution is 2.30. The summed E-state index contributed by atoms with van der Waals surface area (Å²) in [6.45, 7) is 0.957. The summed E-state index contributed by atoms with van der Waals surface area (Å²) in [5, 5.41) is 4.22. The Morgan fingerprint density at radius 1 is 1.10 bits per heavy atom. The van der Waals surface area contributed by atoms with E-state index in [0.29, 0.717) is 5.22 Å².